The van der Waals surface area contributed by atoms with Crippen LogP contribution in [0.2, 0.25) is 0 Å². The summed E-state index contributed by atoms with van der Waals surface area (Å²) in [7, 11) is -3.65. The number of aliphatic hydroxyl groups is 1. The number of rotatable bonds is 5. The summed E-state index contributed by atoms with van der Waals surface area (Å²) in [6, 6.07) is 9.98. The zero-order chi connectivity index (χ0) is 15.6. The van der Waals surface area contributed by atoms with Gasteiger partial charge in [-0.2, -0.15) is 11.3 Å². The molecule has 0 fully saturated rings. The average molecular weight is 335 g/mol. The molecule has 0 aliphatic carbocycles. The molecule has 22 heavy (non-hydrogen) atoms. The van der Waals surface area contributed by atoms with Crippen molar-refractivity contribution in [2.45, 2.75) is 11.5 Å². The van der Waals surface area contributed by atoms with Crippen molar-refractivity contribution >= 4 is 27.0 Å². The lowest BCUT2D eigenvalue weighted by atomic mass is 10.1. The lowest BCUT2D eigenvalue weighted by Crippen LogP contribution is -2.12. The highest BCUT2D eigenvalue weighted by Gasteiger charge is 2.18. The molecule has 2 heterocycles. The zero-order valence-electron chi connectivity index (χ0n) is 11.4. The molecule has 0 radical (unpaired) electrons. The van der Waals surface area contributed by atoms with Gasteiger partial charge in [-0.25, -0.2) is 8.42 Å². The molecule has 114 valence electrons. The molecule has 0 saturated heterocycles. The van der Waals surface area contributed by atoms with Crippen LogP contribution in [-0.4, -0.2) is 13.5 Å². The molecule has 0 unspecified atom stereocenters. The lowest BCUT2D eigenvalue weighted by Gasteiger charge is -2.12. The standard InChI is InChI=1S/C15H13NO4S2/c17-9-11-3-4-14(13(8-11)15-2-1-6-20-15)16-22(18,19)12-5-7-21-10-12/h1-8,10,16-17H,9H2. The van der Waals surface area contributed by atoms with E-state index in [-0.39, 0.29) is 11.5 Å². The summed E-state index contributed by atoms with van der Waals surface area (Å²) in [6.45, 7) is -0.134. The van der Waals surface area contributed by atoms with E-state index in [0.29, 0.717) is 22.6 Å². The van der Waals surface area contributed by atoms with Crippen molar-refractivity contribution in [2.75, 3.05) is 4.72 Å². The smallest absolute Gasteiger partial charge is 0.262 e. The van der Waals surface area contributed by atoms with E-state index in [1.165, 1.54) is 17.6 Å². The Morgan fingerprint density at radius 3 is 2.73 bits per heavy atom. The third kappa shape index (κ3) is 2.92. The van der Waals surface area contributed by atoms with Gasteiger partial charge in [0.1, 0.15) is 5.76 Å². The second-order valence-electron chi connectivity index (χ2n) is 4.58. The van der Waals surface area contributed by atoms with Crippen LogP contribution in [0.3, 0.4) is 0 Å². The van der Waals surface area contributed by atoms with E-state index in [0.717, 1.165) is 0 Å². The summed E-state index contributed by atoms with van der Waals surface area (Å²) >= 11 is 1.31. The van der Waals surface area contributed by atoms with Crippen LogP contribution < -0.4 is 4.72 Å². The van der Waals surface area contributed by atoms with Gasteiger partial charge in [0.2, 0.25) is 0 Å². The fraction of sp³-hybridized carbons (Fsp3) is 0.0667. The molecule has 0 bridgehead atoms. The Bertz CT molecular complexity index is 853. The highest BCUT2D eigenvalue weighted by atomic mass is 32.2. The van der Waals surface area contributed by atoms with Crippen LogP contribution in [0.15, 0.2) is 62.7 Å². The van der Waals surface area contributed by atoms with Crippen LogP contribution in [0.4, 0.5) is 5.69 Å². The normalized spacial score (nSPS) is 11.5. The van der Waals surface area contributed by atoms with Crippen molar-refractivity contribution < 1.29 is 17.9 Å². The number of anilines is 1. The van der Waals surface area contributed by atoms with Gasteiger partial charge in [-0.15, -0.1) is 0 Å². The summed E-state index contributed by atoms with van der Waals surface area (Å²) in [5.74, 6) is 0.526. The van der Waals surface area contributed by atoms with Crippen molar-refractivity contribution in [3.63, 3.8) is 0 Å². The van der Waals surface area contributed by atoms with Gasteiger partial charge >= 0.3 is 0 Å². The van der Waals surface area contributed by atoms with Crippen molar-refractivity contribution in [2.24, 2.45) is 0 Å². The van der Waals surface area contributed by atoms with Crippen molar-refractivity contribution in [1.29, 1.82) is 0 Å². The minimum Gasteiger partial charge on any atom is -0.464 e. The Morgan fingerprint density at radius 2 is 2.09 bits per heavy atom. The molecule has 0 aliphatic rings. The Balaban J connectivity index is 2.04. The molecule has 0 saturated carbocycles. The Kier molecular flexibility index (Phi) is 4.02. The number of thiophene rings is 1. The molecule has 7 heteroatoms. The molecular formula is C15H13NO4S2. The first kappa shape index (κ1) is 14.8. The Morgan fingerprint density at radius 1 is 1.23 bits per heavy atom. The Hall–Kier alpha value is -2.09. The van der Waals surface area contributed by atoms with E-state index in [2.05, 4.69) is 4.72 Å². The minimum atomic E-state index is -3.65. The van der Waals surface area contributed by atoms with Crippen molar-refractivity contribution in [1.82, 2.24) is 0 Å². The summed E-state index contributed by atoms with van der Waals surface area (Å²) in [4.78, 5) is 0.217. The second kappa shape index (κ2) is 5.96. The largest absolute Gasteiger partial charge is 0.464 e. The van der Waals surface area contributed by atoms with Crippen LogP contribution >= 0.6 is 11.3 Å². The first-order chi connectivity index (χ1) is 10.6. The number of nitrogens with one attached hydrogen (secondary N) is 1. The number of hydrogen-bond donors (Lipinski definition) is 2. The van der Waals surface area contributed by atoms with Crippen LogP contribution in [0.5, 0.6) is 0 Å². The quantitative estimate of drug-likeness (QED) is 0.750. The van der Waals surface area contributed by atoms with Gasteiger partial charge in [-0.3, -0.25) is 4.72 Å². The van der Waals surface area contributed by atoms with Crippen LogP contribution in [-0.2, 0) is 16.6 Å². The molecule has 0 amide bonds. The molecule has 0 spiro atoms. The molecule has 0 atom stereocenters. The maximum absolute atomic E-state index is 12.4. The maximum Gasteiger partial charge on any atom is 0.262 e. The van der Waals surface area contributed by atoms with Crippen molar-refractivity contribution in [3.05, 3.63) is 59.0 Å². The summed E-state index contributed by atoms with van der Waals surface area (Å²) in [5, 5.41) is 12.5. The van der Waals surface area contributed by atoms with Crippen LogP contribution in [0, 0.1) is 0 Å². The van der Waals surface area contributed by atoms with Gasteiger partial charge in [0, 0.05) is 10.9 Å². The minimum absolute atomic E-state index is 0.134. The fourth-order valence-electron chi connectivity index (χ4n) is 2.02. The van der Waals surface area contributed by atoms with Crippen LogP contribution in [0.25, 0.3) is 11.3 Å². The van der Waals surface area contributed by atoms with Gasteiger partial charge in [-0.1, -0.05) is 6.07 Å². The van der Waals surface area contributed by atoms with Gasteiger partial charge in [0.05, 0.1) is 23.5 Å². The third-order valence-electron chi connectivity index (χ3n) is 3.10. The average Bonchev–Trinajstić information content (AvgIpc) is 3.21. The molecule has 2 N–H and O–H groups in total. The maximum atomic E-state index is 12.4. The van der Waals surface area contributed by atoms with Crippen LogP contribution in [0.1, 0.15) is 5.56 Å². The highest BCUT2D eigenvalue weighted by molar-refractivity contribution is 7.92. The van der Waals surface area contributed by atoms with Crippen molar-refractivity contribution in [3.8, 4) is 11.3 Å². The van der Waals surface area contributed by atoms with Gasteiger partial charge in [-0.05, 0) is 41.3 Å². The predicted molar refractivity (Wildman–Crippen MR) is 85.2 cm³/mol. The molecule has 2 aromatic heterocycles. The second-order valence-corrected chi connectivity index (χ2v) is 7.04. The SMILES string of the molecule is O=S(=O)(Nc1ccc(CO)cc1-c1ccco1)c1ccsc1. The number of sulfonamides is 1. The predicted octanol–water partition coefficient (Wildman–Crippen LogP) is 3.30. The van der Waals surface area contributed by atoms with E-state index >= 15 is 0 Å². The molecular weight excluding hydrogens is 322 g/mol. The zero-order valence-corrected chi connectivity index (χ0v) is 13.0. The van der Waals surface area contributed by atoms with E-state index in [4.69, 9.17) is 4.42 Å². The topological polar surface area (TPSA) is 79.5 Å². The first-order valence-corrected chi connectivity index (χ1v) is 8.85. The van der Waals surface area contributed by atoms with E-state index < -0.39 is 10.0 Å². The summed E-state index contributed by atoms with van der Waals surface area (Å²) in [5.41, 5.74) is 1.65. The van der Waals surface area contributed by atoms with E-state index in [1.54, 1.807) is 47.2 Å². The summed E-state index contributed by atoms with van der Waals surface area (Å²) < 4.78 is 32.6. The molecule has 1 aromatic carbocycles. The van der Waals surface area contributed by atoms with E-state index in [9.17, 15) is 13.5 Å². The number of hydrogen-bond acceptors (Lipinski definition) is 5. The monoisotopic (exact) mass is 335 g/mol. The fourth-order valence-corrected chi connectivity index (χ4v) is 4.13. The highest BCUT2D eigenvalue weighted by Crippen LogP contribution is 2.31. The molecule has 5 nitrogen and oxygen atoms in total. The van der Waals surface area contributed by atoms with Gasteiger partial charge < -0.3 is 9.52 Å². The molecule has 3 rings (SSSR count). The molecule has 0 aliphatic heterocycles. The third-order valence-corrected chi connectivity index (χ3v) is 5.30. The number of furan rings is 1. The number of aliphatic hydroxyl groups excluding tert-OH is 1. The van der Waals surface area contributed by atoms with Gasteiger partial charge in [0.15, 0.2) is 0 Å². The first-order valence-electron chi connectivity index (χ1n) is 6.43. The molecule has 3 aromatic rings. The lowest BCUT2D eigenvalue weighted by molar-refractivity contribution is 0.282. The Labute approximate surface area is 131 Å². The van der Waals surface area contributed by atoms with Gasteiger partial charge in [0.25, 0.3) is 10.0 Å². The number of benzene rings is 1. The summed E-state index contributed by atoms with van der Waals surface area (Å²) in [6.07, 6.45) is 1.51. The van der Waals surface area contributed by atoms with E-state index in [1.807, 2.05) is 0 Å².